The number of carbonyl (C=O) groups is 1. The monoisotopic (exact) mass is 320 g/mol. The molecule has 2 aromatic rings. The lowest BCUT2D eigenvalue weighted by molar-refractivity contribution is 0.104. The summed E-state index contributed by atoms with van der Waals surface area (Å²) >= 11 is 7.16. The minimum Gasteiger partial charge on any atom is -0.288 e. The Labute approximate surface area is 117 Å². The highest BCUT2D eigenvalue weighted by atomic mass is 35.7. The maximum absolute atomic E-state index is 12.1. The van der Waals surface area contributed by atoms with Crippen LogP contribution in [0.4, 0.5) is 0 Å². The van der Waals surface area contributed by atoms with Crippen LogP contribution >= 0.6 is 33.6 Å². The van der Waals surface area contributed by atoms with Gasteiger partial charge in [-0.1, -0.05) is 17.7 Å². The van der Waals surface area contributed by atoms with Crippen LogP contribution in [0.15, 0.2) is 40.6 Å². The van der Waals surface area contributed by atoms with E-state index in [9.17, 15) is 13.2 Å². The SMILES string of the molecule is O=C(c1cccs1)c1cc(S(=O)(=O)Cl)ccc1Cl. The number of carbonyl (C=O) groups excluding carboxylic acids is 1. The van der Waals surface area contributed by atoms with Gasteiger partial charge in [0.1, 0.15) is 0 Å². The molecule has 0 fully saturated rings. The van der Waals surface area contributed by atoms with E-state index < -0.39 is 9.05 Å². The molecule has 0 amide bonds. The molecule has 1 aromatic carbocycles. The first-order valence-corrected chi connectivity index (χ1v) is 8.29. The van der Waals surface area contributed by atoms with Crippen molar-refractivity contribution >= 4 is 48.5 Å². The molecule has 2 rings (SSSR count). The molecule has 0 radical (unpaired) electrons. The Kier molecular flexibility index (Phi) is 3.77. The summed E-state index contributed by atoms with van der Waals surface area (Å²) < 4.78 is 22.4. The highest BCUT2D eigenvalue weighted by molar-refractivity contribution is 8.13. The van der Waals surface area contributed by atoms with Crippen LogP contribution in [-0.2, 0) is 9.05 Å². The third-order valence-electron chi connectivity index (χ3n) is 2.21. The summed E-state index contributed by atoms with van der Waals surface area (Å²) in [5.74, 6) is -0.322. The number of thiophene rings is 1. The first-order chi connectivity index (χ1) is 8.39. The molecule has 0 unspecified atom stereocenters. The Bertz CT molecular complexity index is 691. The van der Waals surface area contributed by atoms with Crippen LogP contribution in [0.2, 0.25) is 5.02 Å². The largest absolute Gasteiger partial charge is 0.288 e. The van der Waals surface area contributed by atoms with E-state index in [0.29, 0.717) is 4.88 Å². The summed E-state index contributed by atoms with van der Waals surface area (Å²) in [4.78, 5) is 12.4. The minimum absolute atomic E-state index is 0.126. The summed E-state index contributed by atoms with van der Waals surface area (Å²) in [6.45, 7) is 0. The van der Waals surface area contributed by atoms with Crippen molar-refractivity contribution in [3.05, 3.63) is 51.2 Å². The summed E-state index contributed by atoms with van der Waals surface area (Å²) in [7, 11) is 1.35. The summed E-state index contributed by atoms with van der Waals surface area (Å²) in [5, 5.41) is 1.95. The number of ketones is 1. The lowest BCUT2D eigenvalue weighted by Crippen LogP contribution is -2.02. The standard InChI is InChI=1S/C11H6Cl2O3S2/c12-9-4-3-7(18(13,15)16)6-8(9)11(14)10-2-1-5-17-10/h1-6H. The van der Waals surface area contributed by atoms with Crippen molar-refractivity contribution in [2.75, 3.05) is 0 Å². The van der Waals surface area contributed by atoms with Crippen molar-refractivity contribution in [2.24, 2.45) is 0 Å². The highest BCUT2D eigenvalue weighted by Gasteiger charge is 2.18. The van der Waals surface area contributed by atoms with E-state index in [-0.39, 0.29) is 21.3 Å². The van der Waals surface area contributed by atoms with Gasteiger partial charge in [0.2, 0.25) is 5.78 Å². The quantitative estimate of drug-likeness (QED) is 0.641. The van der Waals surface area contributed by atoms with E-state index in [1.54, 1.807) is 17.5 Å². The van der Waals surface area contributed by atoms with E-state index in [2.05, 4.69) is 0 Å². The zero-order valence-corrected chi connectivity index (χ0v) is 11.9. The molecule has 7 heteroatoms. The molecule has 18 heavy (non-hydrogen) atoms. The molecule has 3 nitrogen and oxygen atoms in total. The fourth-order valence-corrected chi connectivity index (χ4v) is 3.03. The predicted molar refractivity (Wildman–Crippen MR) is 72.2 cm³/mol. The van der Waals surface area contributed by atoms with Crippen LogP contribution in [-0.4, -0.2) is 14.2 Å². The number of halogens is 2. The van der Waals surface area contributed by atoms with Crippen molar-refractivity contribution in [3.8, 4) is 0 Å². The zero-order valence-electron chi connectivity index (χ0n) is 8.76. The van der Waals surface area contributed by atoms with Gasteiger partial charge in [0.15, 0.2) is 0 Å². The summed E-state index contributed by atoms with van der Waals surface area (Å²) in [6, 6.07) is 7.17. The Morgan fingerprint density at radius 1 is 1.22 bits per heavy atom. The molecule has 0 spiro atoms. The number of hydrogen-bond donors (Lipinski definition) is 0. The second-order valence-corrected chi connectivity index (χ2v) is 7.31. The van der Waals surface area contributed by atoms with Crippen molar-refractivity contribution in [2.45, 2.75) is 4.90 Å². The van der Waals surface area contributed by atoms with Crippen LogP contribution in [0.1, 0.15) is 15.2 Å². The Morgan fingerprint density at radius 3 is 2.50 bits per heavy atom. The molecule has 0 bridgehead atoms. The lowest BCUT2D eigenvalue weighted by Gasteiger charge is -2.03. The molecule has 0 aliphatic heterocycles. The fourth-order valence-electron chi connectivity index (χ4n) is 1.37. The van der Waals surface area contributed by atoms with E-state index >= 15 is 0 Å². The average Bonchev–Trinajstić information content (AvgIpc) is 2.80. The Balaban J connectivity index is 2.54. The van der Waals surface area contributed by atoms with Crippen LogP contribution in [0, 0.1) is 0 Å². The van der Waals surface area contributed by atoms with Crippen molar-refractivity contribution in [1.82, 2.24) is 0 Å². The molecule has 0 aliphatic carbocycles. The van der Waals surface area contributed by atoms with Crippen LogP contribution in [0.5, 0.6) is 0 Å². The minimum atomic E-state index is -3.88. The van der Waals surface area contributed by atoms with Gasteiger partial charge in [-0.15, -0.1) is 11.3 Å². The number of benzene rings is 1. The highest BCUT2D eigenvalue weighted by Crippen LogP contribution is 2.26. The molecule has 0 aliphatic rings. The lowest BCUT2D eigenvalue weighted by atomic mass is 10.1. The molecule has 0 N–H and O–H groups in total. The van der Waals surface area contributed by atoms with Gasteiger partial charge in [-0.25, -0.2) is 8.42 Å². The smallest absolute Gasteiger partial charge is 0.261 e. The van der Waals surface area contributed by atoms with Gasteiger partial charge < -0.3 is 0 Å². The van der Waals surface area contributed by atoms with E-state index in [4.69, 9.17) is 22.3 Å². The van der Waals surface area contributed by atoms with E-state index in [1.165, 1.54) is 29.5 Å². The van der Waals surface area contributed by atoms with Gasteiger partial charge in [-0.05, 0) is 29.6 Å². The third-order valence-corrected chi connectivity index (χ3v) is 4.76. The normalized spacial score (nSPS) is 11.4. The van der Waals surface area contributed by atoms with Gasteiger partial charge in [0.05, 0.1) is 14.8 Å². The van der Waals surface area contributed by atoms with Crippen molar-refractivity contribution < 1.29 is 13.2 Å². The van der Waals surface area contributed by atoms with Gasteiger partial charge in [0.25, 0.3) is 9.05 Å². The van der Waals surface area contributed by atoms with Crippen molar-refractivity contribution in [3.63, 3.8) is 0 Å². The second-order valence-electron chi connectivity index (χ2n) is 3.39. The predicted octanol–water partition coefficient (Wildman–Crippen LogP) is 3.56. The van der Waals surface area contributed by atoms with E-state index in [0.717, 1.165) is 0 Å². The molecule has 94 valence electrons. The average molecular weight is 321 g/mol. The molecular weight excluding hydrogens is 315 g/mol. The summed E-state index contributed by atoms with van der Waals surface area (Å²) in [6.07, 6.45) is 0. The molecule has 0 saturated carbocycles. The third kappa shape index (κ3) is 2.75. The molecule has 0 atom stereocenters. The first-order valence-electron chi connectivity index (χ1n) is 4.72. The van der Waals surface area contributed by atoms with Gasteiger partial charge >= 0.3 is 0 Å². The van der Waals surface area contributed by atoms with Gasteiger partial charge in [-0.3, -0.25) is 4.79 Å². The summed E-state index contributed by atoms with van der Waals surface area (Å²) in [5.41, 5.74) is 0.126. The van der Waals surface area contributed by atoms with Crippen LogP contribution in [0.3, 0.4) is 0 Å². The van der Waals surface area contributed by atoms with Gasteiger partial charge in [-0.2, -0.15) is 0 Å². The fraction of sp³-hybridized carbons (Fsp3) is 0. The first kappa shape index (κ1) is 13.5. The van der Waals surface area contributed by atoms with Crippen molar-refractivity contribution in [1.29, 1.82) is 0 Å². The Hall–Kier alpha value is -0.880. The van der Waals surface area contributed by atoms with E-state index in [1.807, 2.05) is 0 Å². The van der Waals surface area contributed by atoms with Crippen LogP contribution < -0.4 is 0 Å². The van der Waals surface area contributed by atoms with Gasteiger partial charge in [0, 0.05) is 16.2 Å². The molecule has 1 aromatic heterocycles. The maximum atomic E-state index is 12.1. The topological polar surface area (TPSA) is 51.2 Å². The zero-order chi connectivity index (χ0) is 13.3. The Morgan fingerprint density at radius 2 is 1.94 bits per heavy atom. The molecule has 1 heterocycles. The molecule has 0 saturated heterocycles. The van der Waals surface area contributed by atoms with Crippen LogP contribution in [0.25, 0.3) is 0 Å². The number of hydrogen-bond acceptors (Lipinski definition) is 4. The second kappa shape index (κ2) is 5.01. The molecular formula is C11H6Cl2O3S2. The number of rotatable bonds is 3. The maximum Gasteiger partial charge on any atom is 0.261 e.